The topological polar surface area (TPSA) is 68.9 Å². The van der Waals surface area contributed by atoms with E-state index in [-0.39, 0.29) is 17.4 Å². The Labute approximate surface area is 151 Å². The number of rotatable bonds is 7. The lowest BCUT2D eigenvalue weighted by Gasteiger charge is -2.17. The van der Waals surface area contributed by atoms with Gasteiger partial charge in [-0.25, -0.2) is 4.79 Å². The number of fused-ring (bicyclic) bond motifs is 1. The lowest BCUT2D eigenvalue weighted by molar-refractivity contribution is 0.186. The van der Waals surface area contributed by atoms with E-state index in [1.165, 1.54) is 7.11 Å². The number of ether oxygens (including phenoxy) is 2. The summed E-state index contributed by atoms with van der Waals surface area (Å²) >= 11 is 0. The van der Waals surface area contributed by atoms with Gasteiger partial charge in [0.2, 0.25) is 0 Å². The van der Waals surface area contributed by atoms with Crippen molar-refractivity contribution in [3.63, 3.8) is 0 Å². The number of hydrogen-bond donors (Lipinski definition) is 1. The Kier molecular flexibility index (Phi) is 5.46. The van der Waals surface area contributed by atoms with Gasteiger partial charge in [-0.1, -0.05) is 25.1 Å². The number of hydrogen-bond acceptors (Lipinski definition) is 5. The van der Waals surface area contributed by atoms with E-state index in [4.69, 9.17) is 13.9 Å². The second kappa shape index (κ2) is 7.95. The van der Waals surface area contributed by atoms with Crippen LogP contribution in [-0.4, -0.2) is 18.3 Å². The Bertz CT molecular complexity index is 930. The molecule has 3 aromatic rings. The van der Waals surface area contributed by atoms with Gasteiger partial charge in [0, 0.05) is 6.07 Å². The standard InChI is InChI=1S/C21H22O5/c1-3-14(25-15-7-5-4-6-8-15)9-12-18-20(22)17-11-10-16(24-2)13-19(17)26-21(18)23/h4-8,10-11,13-14,22H,3,9,12H2,1-2H3. The van der Waals surface area contributed by atoms with Crippen LogP contribution in [0.15, 0.2) is 57.7 Å². The summed E-state index contributed by atoms with van der Waals surface area (Å²) in [7, 11) is 1.53. The molecule has 0 radical (unpaired) electrons. The Morgan fingerprint density at radius 1 is 1.12 bits per heavy atom. The van der Waals surface area contributed by atoms with Crippen LogP contribution in [0.2, 0.25) is 0 Å². The molecule has 26 heavy (non-hydrogen) atoms. The van der Waals surface area contributed by atoms with Crippen molar-refractivity contribution in [3.8, 4) is 17.2 Å². The van der Waals surface area contributed by atoms with Gasteiger partial charge in [0.1, 0.15) is 22.8 Å². The molecule has 0 aliphatic rings. The summed E-state index contributed by atoms with van der Waals surface area (Å²) in [6.45, 7) is 2.03. The Morgan fingerprint density at radius 3 is 2.58 bits per heavy atom. The zero-order chi connectivity index (χ0) is 18.5. The molecular weight excluding hydrogens is 332 g/mol. The third-order valence-corrected chi connectivity index (χ3v) is 4.40. The normalized spacial score (nSPS) is 12.1. The number of aromatic hydroxyl groups is 1. The van der Waals surface area contributed by atoms with Crippen LogP contribution in [0, 0.1) is 0 Å². The van der Waals surface area contributed by atoms with Crippen LogP contribution in [0.4, 0.5) is 0 Å². The summed E-state index contributed by atoms with van der Waals surface area (Å²) in [6.07, 6.45) is 1.72. The average Bonchev–Trinajstić information content (AvgIpc) is 2.67. The van der Waals surface area contributed by atoms with Gasteiger partial charge in [0.25, 0.3) is 0 Å². The second-order valence-electron chi connectivity index (χ2n) is 6.08. The van der Waals surface area contributed by atoms with E-state index in [0.717, 1.165) is 12.2 Å². The first-order chi connectivity index (χ1) is 12.6. The van der Waals surface area contributed by atoms with E-state index in [1.807, 2.05) is 37.3 Å². The molecule has 136 valence electrons. The Balaban J connectivity index is 1.80. The first-order valence-corrected chi connectivity index (χ1v) is 8.66. The molecule has 5 nitrogen and oxygen atoms in total. The highest BCUT2D eigenvalue weighted by Crippen LogP contribution is 2.30. The molecule has 0 saturated carbocycles. The van der Waals surface area contributed by atoms with Gasteiger partial charge in [0.15, 0.2) is 0 Å². The van der Waals surface area contributed by atoms with Crippen molar-refractivity contribution in [2.45, 2.75) is 32.3 Å². The van der Waals surface area contributed by atoms with Crippen molar-refractivity contribution >= 4 is 11.0 Å². The fraction of sp³-hybridized carbons (Fsp3) is 0.286. The van der Waals surface area contributed by atoms with E-state index in [1.54, 1.807) is 18.2 Å². The van der Waals surface area contributed by atoms with E-state index in [2.05, 4.69) is 0 Å². The Morgan fingerprint density at radius 2 is 1.88 bits per heavy atom. The van der Waals surface area contributed by atoms with E-state index in [9.17, 15) is 9.90 Å². The van der Waals surface area contributed by atoms with Crippen molar-refractivity contribution in [3.05, 3.63) is 64.5 Å². The van der Waals surface area contributed by atoms with Crippen LogP contribution in [0.25, 0.3) is 11.0 Å². The molecule has 0 amide bonds. The first-order valence-electron chi connectivity index (χ1n) is 8.66. The predicted molar refractivity (Wildman–Crippen MR) is 100 cm³/mol. The molecule has 1 heterocycles. The summed E-state index contributed by atoms with van der Waals surface area (Å²) in [4.78, 5) is 12.3. The lowest BCUT2D eigenvalue weighted by Crippen LogP contribution is -2.18. The highest BCUT2D eigenvalue weighted by molar-refractivity contribution is 5.85. The van der Waals surface area contributed by atoms with Gasteiger partial charge in [0.05, 0.1) is 24.2 Å². The maximum Gasteiger partial charge on any atom is 0.343 e. The minimum Gasteiger partial charge on any atom is -0.507 e. The highest BCUT2D eigenvalue weighted by Gasteiger charge is 2.17. The number of benzene rings is 2. The predicted octanol–water partition coefficient (Wildman–Crippen LogP) is 4.30. The van der Waals surface area contributed by atoms with Gasteiger partial charge in [-0.3, -0.25) is 0 Å². The summed E-state index contributed by atoms with van der Waals surface area (Å²) in [5, 5.41) is 11.0. The quantitative estimate of drug-likeness (QED) is 0.641. The van der Waals surface area contributed by atoms with Crippen LogP contribution in [-0.2, 0) is 6.42 Å². The fourth-order valence-electron chi connectivity index (χ4n) is 2.89. The van der Waals surface area contributed by atoms with Crippen molar-refractivity contribution in [2.75, 3.05) is 7.11 Å². The van der Waals surface area contributed by atoms with Crippen molar-refractivity contribution in [1.29, 1.82) is 0 Å². The summed E-state index contributed by atoms with van der Waals surface area (Å²) < 4.78 is 16.4. The van der Waals surface area contributed by atoms with Crippen molar-refractivity contribution in [2.24, 2.45) is 0 Å². The average molecular weight is 354 g/mol. The smallest absolute Gasteiger partial charge is 0.343 e. The monoisotopic (exact) mass is 354 g/mol. The molecule has 1 atom stereocenters. The van der Waals surface area contributed by atoms with Gasteiger partial charge in [-0.05, 0) is 43.5 Å². The molecule has 1 N–H and O–H groups in total. The lowest BCUT2D eigenvalue weighted by atomic mass is 10.0. The summed E-state index contributed by atoms with van der Waals surface area (Å²) in [6, 6.07) is 14.6. The molecule has 2 aromatic carbocycles. The molecule has 1 aromatic heterocycles. The second-order valence-corrected chi connectivity index (χ2v) is 6.08. The summed E-state index contributed by atoms with van der Waals surface area (Å²) in [5.74, 6) is 1.32. The molecule has 0 aliphatic heterocycles. The Hall–Kier alpha value is -2.95. The molecule has 1 unspecified atom stereocenters. The fourth-order valence-corrected chi connectivity index (χ4v) is 2.89. The number of para-hydroxylation sites is 1. The van der Waals surface area contributed by atoms with Gasteiger partial charge < -0.3 is 19.0 Å². The zero-order valence-corrected chi connectivity index (χ0v) is 14.9. The molecule has 5 heteroatoms. The molecule has 0 spiro atoms. The van der Waals surface area contributed by atoms with Crippen LogP contribution in [0.1, 0.15) is 25.3 Å². The van der Waals surface area contributed by atoms with Crippen LogP contribution in [0.5, 0.6) is 17.2 Å². The third-order valence-electron chi connectivity index (χ3n) is 4.40. The maximum atomic E-state index is 12.3. The van der Waals surface area contributed by atoms with Crippen molar-refractivity contribution < 1.29 is 19.0 Å². The van der Waals surface area contributed by atoms with E-state index in [0.29, 0.717) is 29.6 Å². The third kappa shape index (κ3) is 3.82. The molecule has 0 fully saturated rings. The van der Waals surface area contributed by atoms with Crippen LogP contribution in [0.3, 0.4) is 0 Å². The SMILES string of the molecule is CCC(CCc1c(O)c2ccc(OC)cc2oc1=O)Oc1ccccc1. The summed E-state index contributed by atoms with van der Waals surface area (Å²) in [5.41, 5.74) is 0.0544. The van der Waals surface area contributed by atoms with Crippen LogP contribution < -0.4 is 15.1 Å². The highest BCUT2D eigenvalue weighted by atomic mass is 16.5. The minimum absolute atomic E-state index is 0.0338. The van der Waals surface area contributed by atoms with Gasteiger partial charge in [-0.2, -0.15) is 0 Å². The van der Waals surface area contributed by atoms with E-state index >= 15 is 0 Å². The minimum atomic E-state index is -0.530. The molecule has 3 rings (SSSR count). The zero-order valence-electron chi connectivity index (χ0n) is 14.9. The molecule has 0 aliphatic carbocycles. The molecule has 0 bridgehead atoms. The van der Waals surface area contributed by atoms with E-state index < -0.39 is 5.63 Å². The van der Waals surface area contributed by atoms with Crippen molar-refractivity contribution in [1.82, 2.24) is 0 Å². The number of methoxy groups -OCH3 is 1. The van der Waals surface area contributed by atoms with Crippen LogP contribution >= 0.6 is 0 Å². The molecule has 0 saturated heterocycles. The largest absolute Gasteiger partial charge is 0.507 e. The maximum absolute atomic E-state index is 12.3. The van der Waals surface area contributed by atoms with Gasteiger partial charge in [-0.15, -0.1) is 0 Å². The van der Waals surface area contributed by atoms with Gasteiger partial charge >= 0.3 is 5.63 Å². The first kappa shape index (κ1) is 17.9. The molecular formula is C21H22O5.